The van der Waals surface area contributed by atoms with Gasteiger partial charge in [-0.2, -0.15) is 0 Å². The summed E-state index contributed by atoms with van der Waals surface area (Å²) in [5.41, 5.74) is 1.15. The van der Waals surface area contributed by atoms with Gasteiger partial charge in [-0.3, -0.25) is 4.79 Å². The van der Waals surface area contributed by atoms with Gasteiger partial charge < -0.3 is 9.47 Å². The van der Waals surface area contributed by atoms with Gasteiger partial charge in [0, 0.05) is 4.90 Å². The largest absolute Gasteiger partial charge is 0.465 e. The van der Waals surface area contributed by atoms with Gasteiger partial charge in [-0.25, -0.2) is 4.79 Å². The number of hydrogen-bond acceptors (Lipinski definition) is 5. The van der Waals surface area contributed by atoms with Crippen molar-refractivity contribution in [3.05, 3.63) is 63.6 Å². The van der Waals surface area contributed by atoms with E-state index >= 15 is 0 Å². The van der Waals surface area contributed by atoms with Crippen LogP contribution in [-0.2, 0) is 20.9 Å². The summed E-state index contributed by atoms with van der Waals surface area (Å²) in [4.78, 5) is 24.1. The van der Waals surface area contributed by atoms with E-state index in [9.17, 15) is 9.59 Å². The first-order valence-corrected chi connectivity index (χ1v) is 8.65. The number of esters is 2. The SMILES string of the molecule is COC(=O)c1ccc(Cl)c(Cl)c1SCC(=O)OCc1ccccc1. The highest BCUT2D eigenvalue weighted by molar-refractivity contribution is 8.00. The molecule has 0 spiro atoms. The molecule has 4 nitrogen and oxygen atoms in total. The molecule has 0 unspecified atom stereocenters. The summed E-state index contributed by atoms with van der Waals surface area (Å²) < 4.78 is 9.91. The summed E-state index contributed by atoms with van der Waals surface area (Å²) in [6.07, 6.45) is 0. The van der Waals surface area contributed by atoms with Gasteiger partial charge in [0.15, 0.2) is 0 Å². The van der Waals surface area contributed by atoms with Gasteiger partial charge in [0.25, 0.3) is 0 Å². The van der Waals surface area contributed by atoms with E-state index in [1.807, 2.05) is 30.3 Å². The van der Waals surface area contributed by atoms with Gasteiger partial charge in [0.2, 0.25) is 0 Å². The number of rotatable bonds is 6. The molecule has 0 saturated heterocycles. The first-order chi connectivity index (χ1) is 11.5. The zero-order valence-corrected chi connectivity index (χ0v) is 15.1. The van der Waals surface area contributed by atoms with Crippen molar-refractivity contribution >= 4 is 46.9 Å². The average Bonchev–Trinajstić information content (AvgIpc) is 2.61. The third-order valence-electron chi connectivity index (χ3n) is 3.03. The molecular formula is C17H14Cl2O4S. The average molecular weight is 385 g/mol. The predicted molar refractivity (Wildman–Crippen MR) is 94.8 cm³/mol. The Labute approximate surface area is 154 Å². The first-order valence-electron chi connectivity index (χ1n) is 6.91. The first kappa shape index (κ1) is 18.6. The summed E-state index contributed by atoms with van der Waals surface area (Å²) in [7, 11) is 1.27. The Morgan fingerprint density at radius 3 is 2.46 bits per heavy atom. The van der Waals surface area contributed by atoms with E-state index in [4.69, 9.17) is 32.7 Å². The number of carbonyl (C=O) groups is 2. The van der Waals surface area contributed by atoms with Crippen LogP contribution in [0.3, 0.4) is 0 Å². The monoisotopic (exact) mass is 384 g/mol. The van der Waals surface area contributed by atoms with Crippen LogP contribution in [0.5, 0.6) is 0 Å². The summed E-state index contributed by atoms with van der Waals surface area (Å²) in [5.74, 6) is -0.971. The van der Waals surface area contributed by atoms with Crippen molar-refractivity contribution in [2.24, 2.45) is 0 Å². The molecule has 2 aromatic rings. The maximum atomic E-state index is 11.9. The molecule has 2 rings (SSSR count). The highest BCUT2D eigenvalue weighted by Gasteiger charge is 2.19. The van der Waals surface area contributed by atoms with Crippen LogP contribution in [0.15, 0.2) is 47.4 Å². The zero-order chi connectivity index (χ0) is 17.5. The molecule has 0 amide bonds. The van der Waals surface area contributed by atoms with Crippen molar-refractivity contribution in [3.63, 3.8) is 0 Å². The Morgan fingerprint density at radius 1 is 1.08 bits per heavy atom. The highest BCUT2D eigenvalue weighted by atomic mass is 35.5. The Bertz CT molecular complexity index is 735. The smallest absolute Gasteiger partial charge is 0.339 e. The van der Waals surface area contributed by atoms with Crippen molar-refractivity contribution in [2.45, 2.75) is 11.5 Å². The minimum Gasteiger partial charge on any atom is -0.465 e. The lowest BCUT2D eigenvalue weighted by atomic mass is 10.2. The number of hydrogen-bond donors (Lipinski definition) is 0. The minimum atomic E-state index is -0.547. The van der Waals surface area contributed by atoms with Gasteiger partial charge in [0.05, 0.1) is 28.5 Å². The van der Waals surface area contributed by atoms with Crippen LogP contribution in [0, 0.1) is 0 Å². The van der Waals surface area contributed by atoms with Crippen LogP contribution in [0.25, 0.3) is 0 Å². The molecule has 126 valence electrons. The molecule has 0 saturated carbocycles. The molecule has 2 aromatic carbocycles. The quantitative estimate of drug-likeness (QED) is 0.537. The number of carbonyl (C=O) groups excluding carboxylic acids is 2. The summed E-state index contributed by atoms with van der Waals surface area (Å²) in [6.45, 7) is 0.188. The fourth-order valence-corrected chi connectivity index (χ4v) is 3.29. The lowest BCUT2D eigenvalue weighted by Crippen LogP contribution is -2.09. The molecule has 0 N–H and O–H groups in total. The molecule has 7 heteroatoms. The topological polar surface area (TPSA) is 52.6 Å². The van der Waals surface area contributed by atoms with E-state index in [2.05, 4.69) is 0 Å². The van der Waals surface area contributed by atoms with Gasteiger partial charge in [-0.15, -0.1) is 11.8 Å². The van der Waals surface area contributed by atoms with Crippen LogP contribution in [0.2, 0.25) is 10.0 Å². The van der Waals surface area contributed by atoms with E-state index in [0.717, 1.165) is 17.3 Å². The van der Waals surface area contributed by atoms with Crippen molar-refractivity contribution < 1.29 is 19.1 Å². The molecule has 0 radical (unpaired) electrons. The fourth-order valence-electron chi connectivity index (χ4n) is 1.85. The number of methoxy groups -OCH3 is 1. The van der Waals surface area contributed by atoms with Crippen molar-refractivity contribution in [3.8, 4) is 0 Å². The number of halogens is 2. The lowest BCUT2D eigenvalue weighted by molar-refractivity contribution is -0.141. The maximum absolute atomic E-state index is 11.9. The molecule has 0 aromatic heterocycles. The molecule has 0 atom stereocenters. The summed E-state index contributed by atoms with van der Waals surface area (Å²) in [5, 5.41) is 0.505. The Kier molecular flexibility index (Phi) is 6.97. The highest BCUT2D eigenvalue weighted by Crippen LogP contribution is 2.36. The van der Waals surface area contributed by atoms with Gasteiger partial charge in [-0.05, 0) is 17.7 Å². The molecule has 24 heavy (non-hydrogen) atoms. The standard InChI is InChI=1S/C17H14Cl2O4S/c1-22-17(21)12-7-8-13(18)15(19)16(12)24-10-14(20)23-9-11-5-3-2-4-6-11/h2-8H,9-10H2,1H3. The second kappa shape index (κ2) is 8.97. The van der Waals surface area contributed by atoms with E-state index in [-0.39, 0.29) is 22.9 Å². The van der Waals surface area contributed by atoms with E-state index < -0.39 is 11.9 Å². The molecule has 0 heterocycles. The number of thioether (sulfide) groups is 1. The van der Waals surface area contributed by atoms with Crippen LogP contribution in [-0.4, -0.2) is 24.8 Å². The van der Waals surface area contributed by atoms with Crippen molar-refractivity contribution in [2.75, 3.05) is 12.9 Å². The normalized spacial score (nSPS) is 10.3. The third kappa shape index (κ3) is 4.90. The van der Waals surface area contributed by atoms with Crippen LogP contribution < -0.4 is 0 Å². The molecule has 0 bridgehead atoms. The van der Waals surface area contributed by atoms with Crippen LogP contribution in [0.4, 0.5) is 0 Å². The van der Waals surface area contributed by atoms with Crippen molar-refractivity contribution in [1.29, 1.82) is 0 Å². The summed E-state index contributed by atoms with van der Waals surface area (Å²) in [6, 6.07) is 12.4. The lowest BCUT2D eigenvalue weighted by Gasteiger charge is -2.11. The Hall–Kier alpha value is -1.69. The number of benzene rings is 2. The summed E-state index contributed by atoms with van der Waals surface area (Å²) >= 11 is 13.2. The van der Waals surface area contributed by atoms with Crippen LogP contribution >= 0.6 is 35.0 Å². The van der Waals surface area contributed by atoms with Gasteiger partial charge in [0.1, 0.15) is 6.61 Å². The van der Waals surface area contributed by atoms with Crippen LogP contribution in [0.1, 0.15) is 15.9 Å². The Balaban J connectivity index is 2.01. The minimum absolute atomic E-state index is 0.00309. The second-order valence-electron chi connectivity index (χ2n) is 4.66. The molecule has 0 fully saturated rings. The number of ether oxygens (including phenoxy) is 2. The molecule has 0 aliphatic heterocycles. The zero-order valence-electron chi connectivity index (χ0n) is 12.8. The second-order valence-corrected chi connectivity index (χ2v) is 6.44. The van der Waals surface area contributed by atoms with E-state index in [0.29, 0.717) is 9.92 Å². The Morgan fingerprint density at radius 2 is 1.79 bits per heavy atom. The molecule has 0 aliphatic carbocycles. The van der Waals surface area contributed by atoms with Crippen molar-refractivity contribution in [1.82, 2.24) is 0 Å². The predicted octanol–water partition coefficient (Wildman–Crippen LogP) is 4.62. The van der Waals surface area contributed by atoms with E-state index in [1.165, 1.54) is 19.2 Å². The molecular weight excluding hydrogens is 371 g/mol. The molecule has 0 aliphatic rings. The third-order valence-corrected chi connectivity index (χ3v) is 5.04. The van der Waals surface area contributed by atoms with Gasteiger partial charge >= 0.3 is 11.9 Å². The van der Waals surface area contributed by atoms with E-state index in [1.54, 1.807) is 0 Å². The fraction of sp³-hybridized carbons (Fsp3) is 0.176. The maximum Gasteiger partial charge on any atom is 0.339 e. The van der Waals surface area contributed by atoms with Gasteiger partial charge in [-0.1, -0.05) is 53.5 Å².